The van der Waals surface area contributed by atoms with Crippen LogP contribution in [0.4, 0.5) is 0 Å². The summed E-state index contributed by atoms with van der Waals surface area (Å²) in [5, 5.41) is 12.9. The second kappa shape index (κ2) is 6.57. The van der Waals surface area contributed by atoms with Crippen molar-refractivity contribution in [2.75, 3.05) is 0 Å². The normalized spacial score (nSPS) is 12.2. The van der Waals surface area contributed by atoms with Gasteiger partial charge in [-0.3, -0.25) is 4.79 Å². The number of carboxylic acid groups (broad SMARTS) is 1. The van der Waals surface area contributed by atoms with E-state index in [-0.39, 0.29) is 12.1 Å². The number of hydrogen-bond donors (Lipinski definition) is 3. The van der Waals surface area contributed by atoms with E-state index in [0.29, 0.717) is 12.2 Å². The molecule has 7 heteroatoms. The van der Waals surface area contributed by atoms with Crippen LogP contribution < -0.4 is 5.32 Å². The summed E-state index contributed by atoms with van der Waals surface area (Å²) < 4.78 is 5.12. The lowest BCUT2D eigenvalue weighted by molar-refractivity contribution is -0.139. The van der Waals surface area contributed by atoms with Crippen molar-refractivity contribution in [3.05, 3.63) is 53.9 Å². The average molecular weight is 327 g/mol. The van der Waals surface area contributed by atoms with Crippen LogP contribution in [-0.4, -0.2) is 33.0 Å². The van der Waals surface area contributed by atoms with E-state index in [1.807, 2.05) is 31.2 Å². The van der Waals surface area contributed by atoms with Crippen LogP contribution in [0, 0.1) is 0 Å². The van der Waals surface area contributed by atoms with E-state index in [1.54, 1.807) is 6.20 Å². The standard InChI is InChI=1S/C17H17N3O4/c1-2-14-15(19-9-24-14)16(21)20-13(17(22)23)7-10-8-18-12-6-4-3-5-11(10)12/h3-6,8-9,13,18H,2,7H2,1H3,(H,20,21)(H,22,23)/t13-/m1/s1. The summed E-state index contributed by atoms with van der Waals surface area (Å²) in [7, 11) is 0. The molecule has 124 valence electrons. The summed E-state index contributed by atoms with van der Waals surface area (Å²) >= 11 is 0. The number of aromatic amines is 1. The summed E-state index contributed by atoms with van der Waals surface area (Å²) in [5.74, 6) is -1.22. The summed E-state index contributed by atoms with van der Waals surface area (Å²) in [6, 6.07) is 6.55. The van der Waals surface area contributed by atoms with Crippen molar-refractivity contribution in [1.29, 1.82) is 0 Å². The van der Waals surface area contributed by atoms with E-state index in [9.17, 15) is 14.7 Å². The van der Waals surface area contributed by atoms with Crippen LogP contribution in [0.3, 0.4) is 0 Å². The van der Waals surface area contributed by atoms with Gasteiger partial charge in [-0.05, 0) is 11.6 Å². The molecular formula is C17H17N3O4. The molecule has 7 nitrogen and oxygen atoms in total. The smallest absolute Gasteiger partial charge is 0.326 e. The summed E-state index contributed by atoms with van der Waals surface area (Å²) in [4.78, 5) is 30.8. The Kier molecular flexibility index (Phi) is 4.33. The number of fused-ring (bicyclic) bond motifs is 1. The quantitative estimate of drug-likeness (QED) is 0.643. The first kappa shape index (κ1) is 15.8. The van der Waals surface area contributed by atoms with Crippen molar-refractivity contribution in [1.82, 2.24) is 15.3 Å². The van der Waals surface area contributed by atoms with Crippen LogP contribution in [0.1, 0.15) is 28.7 Å². The van der Waals surface area contributed by atoms with Crippen LogP contribution in [0.5, 0.6) is 0 Å². The van der Waals surface area contributed by atoms with E-state index < -0.39 is 17.9 Å². The van der Waals surface area contributed by atoms with E-state index in [0.717, 1.165) is 16.5 Å². The Labute approximate surface area is 137 Å². The fourth-order valence-electron chi connectivity index (χ4n) is 2.65. The van der Waals surface area contributed by atoms with Gasteiger partial charge in [0.15, 0.2) is 12.1 Å². The summed E-state index contributed by atoms with van der Waals surface area (Å²) in [6.45, 7) is 1.83. The lowest BCUT2D eigenvalue weighted by Gasteiger charge is -2.13. The van der Waals surface area contributed by atoms with Crippen molar-refractivity contribution in [2.45, 2.75) is 25.8 Å². The number of hydrogen-bond acceptors (Lipinski definition) is 4. The molecule has 0 bridgehead atoms. The minimum atomic E-state index is -1.10. The Bertz CT molecular complexity index is 881. The number of para-hydroxylation sites is 1. The molecule has 0 aliphatic heterocycles. The molecule has 0 aliphatic carbocycles. The SMILES string of the molecule is CCc1ocnc1C(=O)N[C@H](Cc1c[nH]c2ccccc12)C(=O)O. The zero-order chi connectivity index (χ0) is 17.1. The van der Waals surface area contributed by atoms with E-state index >= 15 is 0 Å². The van der Waals surface area contributed by atoms with Gasteiger partial charge in [-0.1, -0.05) is 25.1 Å². The van der Waals surface area contributed by atoms with Crippen molar-refractivity contribution in [3.63, 3.8) is 0 Å². The molecule has 3 N–H and O–H groups in total. The Morgan fingerprint density at radius 3 is 2.92 bits per heavy atom. The second-order valence-corrected chi connectivity index (χ2v) is 5.41. The van der Waals surface area contributed by atoms with Gasteiger partial charge >= 0.3 is 5.97 Å². The molecule has 24 heavy (non-hydrogen) atoms. The van der Waals surface area contributed by atoms with Gasteiger partial charge in [0.2, 0.25) is 0 Å². The second-order valence-electron chi connectivity index (χ2n) is 5.41. The van der Waals surface area contributed by atoms with Crippen molar-refractivity contribution in [3.8, 4) is 0 Å². The number of aliphatic carboxylic acids is 1. The van der Waals surface area contributed by atoms with Crippen molar-refractivity contribution >= 4 is 22.8 Å². The van der Waals surface area contributed by atoms with Crippen LogP contribution in [0.15, 0.2) is 41.3 Å². The first-order valence-electron chi connectivity index (χ1n) is 7.61. The number of oxazole rings is 1. The van der Waals surface area contributed by atoms with Crippen LogP contribution in [-0.2, 0) is 17.6 Å². The van der Waals surface area contributed by atoms with Crippen molar-refractivity contribution < 1.29 is 19.1 Å². The number of carboxylic acids is 1. The molecular weight excluding hydrogens is 310 g/mol. The van der Waals surface area contributed by atoms with Gasteiger partial charge in [-0.2, -0.15) is 0 Å². The fourth-order valence-corrected chi connectivity index (χ4v) is 2.65. The highest BCUT2D eigenvalue weighted by molar-refractivity contribution is 5.96. The highest BCUT2D eigenvalue weighted by Crippen LogP contribution is 2.19. The molecule has 0 unspecified atom stereocenters. The number of carbonyl (C=O) groups is 2. The predicted molar refractivity (Wildman–Crippen MR) is 86.8 cm³/mol. The lowest BCUT2D eigenvalue weighted by atomic mass is 10.0. The third-order valence-corrected chi connectivity index (χ3v) is 3.88. The Hall–Kier alpha value is -3.09. The molecule has 3 aromatic rings. The molecule has 0 saturated heterocycles. The molecule has 2 heterocycles. The minimum Gasteiger partial charge on any atom is -0.480 e. The molecule has 3 rings (SSSR count). The van der Waals surface area contributed by atoms with Crippen LogP contribution >= 0.6 is 0 Å². The van der Waals surface area contributed by atoms with Gasteiger partial charge in [-0.15, -0.1) is 0 Å². The number of aryl methyl sites for hydroxylation is 1. The number of H-pyrrole nitrogens is 1. The molecule has 0 spiro atoms. The van der Waals surface area contributed by atoms with Gasteiger partial charge in [0, 0.05) is 29.9 Å². The largest absolute Gasteiger partial charge is 0.480 e. The topological polar surface area (TPSA) is 108 Å². The third-order valence-electron chi connectivity index (χ3n) is 3.88. The molecule has 0 aliphatic rings. The highest BCUT2D eigenvalue weighted by atomic mass is 16.4. The molecule has 0 radical (unpaired) electrons. The number of aromatic nitrogens is 2. The number of rotatable bonds is 6. The Balaban J connectivity index is 1.80. The van der Waals surface area contributed by atoms with Crippen LogP contribution in [0.2, 0.25) is 0 Å². The monoisotopic (exact) mass is 327 g/mol. The third kappa shape index (κ3) is 3.01. The fraction of sp³-hybridized carbons (Fsp3) is 0.235. The van der Waals surface area contributed by atoms with Crippen molar-refractivity contribution in [2.24, 2.45) is 0 Å². The molecule has 1 atom stereocenters. The first-order valence-corrected chi connectivity index (χ1v) is 7.61. The molecule has 1 aromatic carbocycles. The van der Waals surface area contributed by atoms with E-state index in [1.165, 1.54) is 6.39 Å². The van der Waals surface area contributed by atoms with E-state index in [4.69, 9.17) is 4.42 Å². The maximum Gasteiger partial charge on any atom is 0.326 e. The Morgan fingerprint density at radius 1 is 1.38 bits per heavy atom. The predicted octanol–water partition coefficient (Wildman–Crippen LogP) is 2.14. The molecule has 0 fully saturated rings. The molecule has 0 saturated carbocycles. The number of amides is 1. The number of benzene rings is 1. The number of carbonyl (C=O) groups excluding carboxylic acids is 1. The molecule has 1 amide bonds. The summed E-state index contributed by atoms with van der Waals surface area (Å²) in [6.07, 6.45) is 3.62. The number of nitrogens with zero attached hydrogens (tertiary/aromatic N) is 1. The minimum absolute atomic E-state index is 0.127. The Morgan fingerprint density at radius 2 is 2.17 bits per heavy atom. The maximum atomic E-state index is 12.3. The zero-order valence-electron chi connectivity index (χ0n) is 13.1. The van der Waals surface area contributed by atoms with Gasteiger partial charge in [0.25, 0.3) is 5.91 Å². The van der Waals surface area contributed by atoms with Gasteiger partial charge in [0.1, 0.15) is 11.8 Å². The average Bonchev–Trinajstić information content (AvgIpc) is 3.21. The summed E-state index contributed by atoms with van der Waals surface area (Å²) in [5.41, 5.74) is 1.88. The van der Waals surface area contributed by atoms with Gasteiger partial charge < -0.3 is 19.8 Å². The molecule has 2 aromatic heterocycles. The van der Waals surface area contributed by atoms with Gasteiger partial charge in [0.05, 0.1) is 0 Å². The van der Waals surface area contributed by atoms with E-state index in [2.05, 4.69) is 15.3 Å². The van der Waals surface area contributed by atoms with Gasteiger partial charge in [-0.25, -0.2) is 9.78 Å². The number of nitrogens with one attached hydrogen (secondary N) is 2. The zero-order valence-corrected chi connectivity index (χ0v) is 13.1. The highest BCUT2D eigenvalue weighted by Gasteiger charge is 2.25. The first-order chi connectivity index (χ1) is 11.6. The van der Waals surface area contributed by atoms with Crippen LogP contribution in [0.25, 0.3) is 10.9 Å². The maximum absolute atomic E-state index is 12.3. The lowest BCUT2D eigenvalue weighted by Crippen LogP contribution is -2.42.